The molecule has 11 heavy (non-hydrogen) atoms. The predicted octanol–water partition coefficient (Wildman–Crippen LogP) is 0.208. The monoisotopic (exact) mass is 160 g/mol. The van der Waals surface area contributed by atoms with Crippen LogP contribution in [0, 0.1) is 0 Å². The van der Waals surface area contributed by atoms with Gasteiger partial charge in [-0.25, -0.2) is 0 Å². The Bertz CT molecular complexity index is 98.1. The van der Waals surface area contributed by atoms with Gasteiger partial charge in [0.15, 0.2) is 0 Å². The summed E-state index contributed by atoms with van der Waals surface area (Å²) in [4.78, 5) is 4.09. The average Bonchev–Trinajstić information content (AvgIpc) is 2.02. The number of piperazine rings is 1. The Kier molecular flexibility index (Phi) is 5.46. The standard InChI is InChI=1S/C6H14N2O.C2H6/c1-7-3-4-8(2)6(9)5-7;1-2/h6,9H,3-5H2,1-2H3;1-2H3. The summed E-state index contributed by atoms with van der Waals surface area (Å²) >= 11 is 0. The highest BCUT2D eigenvalue weighted by atomic mass is 16.3. The lowest BCUT2D eigenvalue weighted by Gasteiger charge is -2.34. The van der Waals surface area contributed by atoms with Crippen LogP contribution in [0.25, 0.3) is 0 Å². The van der Waals surface area contributed by atoms with Gasteiger partial charge < -0.3 is 10.0 Å². The lowest BCUT2D eigenvalue weighted by Crippen LogP contribution is -2.49. The summed E-state index contributed by atoms with van der Waals surface area (Å²) in [7, 11) is 3.97. The Balaban J connectivity index is 0.000000461. The van der Waals surface area contributed by atoms with Gasteiger partial charge in [-0.15, -0.1) is 0 Å². The molecular formula is C8H20N2O. The van der Waals surface area contributed by atoms with E-state index in [1.165, 1.54) is 0 Å². The van der Waals surface area contributed by atoms with E-state index in [1.807, 2.05) is 32.8 Å². The maximum atomic E-state index is 9.23. The van der Waals surface area contributed by atoms with Crippen molar-refractivity contribution >= 4 is 0 Å². The minimum atomic E-state index is -0.260. The van der Waals surface area contributed by atoms with Gasteiger partial charge in [0, 0.05) is 19.6 Å². The summed E-state index contributed by atoms with van der Waals surface area (Å²) < 4.78 is 0. The van der Waals surface area contributed by atoms with Crippen LogP contribution in [0.4, 0.5) is 0 Å². The number of likely N-dealkylation sites (N-methyl/N-ethyl adjacent to an activating group) is 2. The molecule has 0 aromatic heterocycles. The van der Waals surface area contributed by atoms with Crippen molar-refractivity contribution in [3.05, 3.63) is 0 Å². The van der Waals surface area contributed by atoms with Crippen molar-refractivity contribution < 1.29 is 5.11 Å². The normalized spacial score (nSPS) is 27.5. The van der Waals surface area contributed by atoms with Gasteiger partial charge in [-0.05, 0) is 14.1 Å². The molecule has 1 heterocycles. The molecule has 1 aliphatic rings. The quantitative estimate of drug-likeness (QED) is 0.549. The van der Waals surface area contributed by atoms with Gasteiger partial charge in [0.05, 0.1) is 0 Å². The summed E-state index contributed by atoms with van der Waals surface area (Å²) in [6.07, 6.45) is -0.260. The molecule has 0 bridgehead atoms. The summed E-state index contributed by atoms with van der Waals surface area (Å²) in [5, 5.41) is 9.23. The molecule has 0 aromatic rings. The molecule has 1 atom stereocenters. The third kappa shape index (κ3) is 3.70. The van der Waals surface area contributed by atoms with Crippen LogP contribution in [0.2, 0.25) is 0 Å². The first-order valence-electron chi connectivity index (χ1n) is 4.27. The third-order valence-electron chi connectivity index (χ3n) is 1.82. The summed E-state index contributed by atoms with van der Waals surface area (Å²) in [5.74, 6) is 0. The first kappa shape index (κ1) is 10.9. The molecule has 0 saturated carbocycles. The Hall–Kier alpha value is -0.120. The molecule has 1 unspecified atom stereocenters. The van der Waals surface area contributed by atoms with E-state index in [0.717, 1.165) is 19.6 Å². The first-order chi connectivity index (χ1) is 5.20. The van der Waals surface area contributed by atoms with E-state index < -0.39 is 0 Å². The van der Waals surface area contributed by atoms with E-state index in [1.54, 1.807) is 0 Å². The largest absolute Gasteiger partial charge is 0.377 e. The van der Waals surface area contributed by atoms with Crippen molar-refractivity contribution in [2.45, 2.75) is 20.1 Å². The van der Waals surface area contributed by atoms with Gasteiger partial charge in [-0.3, -0.25) is 4.90 Å². The molecule has 0 radical (unpaired) electrons. The molecule has 0 spiro atoms. The summed E-state index contributed by atoms with van der Waals surface area (Å²) in [6.45, 7) is 6.81. The Morgan fingerprint density at radius 1 is 1.18 bits per heavy atom. The molecule has 68 valence electrons. The second-order valence-corrected chi connectivity index (χ2v) is 2.72. The zero-order valence-electron chi connectivity index (χ0n) is 8.04. The lowest BCUT2D eigenvalue weighted by atomic mass is 10.3. The molecule has 0 aliphatic carbocycles. The zero-order valence-corrected chi connectivity index (χ0v) is 8.04. The highest BCUT2D eigenvalue weighted by molar-refractivity contribution is 4.69. The number of aliphatic hydroxyl groups excluding tert-OH is 1. The van der Waals surface area contributed by atoms with Gasteiger partial charge in [0.25, 0.3) is 0 Å². The van der Waals surface area contributed by atoms with Crippen molar-refractivity contribution in [3.8, 4) is 0 Å². The van der Waals surface area contributed by atoms with Crippen LogP contribution in [0.1, 0.15) is 13.8 Å². The van der Waals surface area contributed by atoms with Crippen LogP contribution >= 0.6 is 0 Å². The number of β-amino-alcohol motifs (C(OH)–C–C–N with tert-alkyl or cyclic N) is 1. The fourth-order valence-corrected chi connectivity index (χ4v) is 0.987. The second kappa shape index (κ2) is 5.52. The van der Waals surface area contributed by atoms with Crippen LogP contribution in [0.15, 0.2) is 0 Å². The molecule has 3 nitrogen and oxygen atoms in total. The van der Waals surface area contributed by atoms with Crippen molar-refractivity contribution in [1.82, 2.24) is 9.80 Å². The highest BCUT2D eigenvalue weighted by Crippen LogP contribution is 2.01. The predicted molar refractivity (Wildman–Crippen MR) is 47.5 cm³/mol. The van der Waals surface area contributed by atoms with Crippen molar-refractivity contribution in [2.24, 2.45) is 0 Å². The number of aliphatic hydroxyl groups is 1. The number of rotatable bonds is 0. The van der Waals surface area contributed by atoms with Gasteiger partial charge in [-0.1, -0.05) is 13.8 Å². The molecule has 1 fully saturated rings. The van der Waals surface area contributed by atoms with Gasteiger partial charge in [0.2, 0.25) is 0 Å². The van der Waals surface area contributed by atoms with E-state index in [0.29, 0.717) is 0 Å². The zero-order chi connectivity index (χ0) is 8.85. The fourth-order valence-electron chi connectivity index (χ4n) is 0.987. The van der Waals surface area contributed by atoms with E-state index in [9.17, 15) is 5.11 Å². The topological polar surface area (TPSA) is 26.7 Å². The number of nitrogens with zero attached hydrogens (tertiary/aromatic N) is 2. The third-order valence-corrected chi connectivity index (χ3v) is 1.82. The minimum absolute atomic E-state index is 0.260. The van der Waals surface area contributed by atoms with Gasteiger partial charge >= 0.3 is 0 Å². The smallest absolute Gasteiger partial charge is 0.120 e. The molecule has 3 heteroatoms. The molecule has 1 N–H and O–H groups in total. The number of hydrogen-bond acceptors (Lipinski definition) is 3. The Labute approximate surface area is 69.6 Å². The molecule has 1 rings (SSSR count). The summed E-state index contributed by atoms with van der Waals surface area (Å²) in [6, 6.07) is 0. The molecule has 1 aliphatic heterocycles. The summed E-state index contributed by atoms with van der Waals surface area (Å²) in [5.41, 5.74) is 0. The van der Waals surface area contributed by atoms with Crippen LogP contribution in [-0.2, 0) is 0 Å². The lowest BCUT2D eigenvalue weighted by molar-refractivity contribution is -0.0334. The molecular weight excluding hydrogens is 140 g/mol. The van der Waals surface area contributed by atoms with Crippen molar-refractivity contribution in [3.63, 3.8) is 0 Å². The van der Waals surface area contributed by atoms with Crippen molar-refractivity contribution in [1.29, 1.82) is 0 Å². The van der Waals surface area contributed by atoms with E-state index in [-0.39, 0.29) is 6.23 Å². The minimum Gasteiger partial charge on any atom is -0.377 e. The maximum absolute atomic E-state index is 9.23. The Morgan fingerprint density at radius 2 is 1.73 bits per heavy atom. The Morgan fingerprint density at radius 3 is 2.09 bits per heavy atom. The van der Waals surface area contributed by atoms with Gasteiger partial charge in [0.1, 0.15) is 6.23 Å². The van der Waals surface area contributed by atoms with E-state index >= 15 is 0 Å². The fraction of sp³-hybridized carbons (Fsp3) is 1.00. The number of hydrogen-bond donors (Lipinski definition) is 1. The second-order valence-electron chi connectivity index (χ2n) is 2.72. The molecule has 0 amide bonds. The molecule has 1 saturated heterocycles. The van der Waals surface area contributed by atoms with E-state index in [2.05, 4.69) is 4.90 Å². The van der Waals surface area contributed by atoms with E-state index in [4.69, 9.17) is 0 Å². The van der Waals surface area contributed by atoms with Crippen LogP contribution in [0.5, 0.6) is 0 Å². The van der Waals surface area contributed by atoms with Crippen molar-refractivity contribution in [2.75, 3.05) is 33.7 Å². The average molecular weight is 160 g/mol. The molecule has 0 aromatic carbocycles. The van der Waals surface area contributed by atoms with Crippen LogP contribution < -0.4 is 0 Å². The SMILES string of the molecule is CC.CN1CCN(C)C(O)C1. The first-order valence-corrected chi connectivity index (χ1v) is 4.27. The van der Waals surface area contributed by atoms with Crippen LogP contribution in [0.3, 0.4) is 0 Å². The maximum Gasteiger partial charge on any atom is 0.120 e. The highest BCUT2D eigenvalue weighted by Gasteiger charge is 2.18. The van der Waals surface area contributed by atoms with Gasteiger partial charge in [-0.2, -0.15) is 0 Å². The van der Waals surface area contributed by atoms with Crippen LogP contribution in [-0.4, -0.2) is 54.9 Å².